The van der Waals surface area contributed by atoms with Crippen LogP contribution in [0.5, 0.6) is 0 Å². The Hall–Kier alpha value is -1.55. The van der Waals surface area contributed by atoms with E-state index in [1.807, 2.05) is 6.07 Å². The summed E-state index contributed by atoms with van der Waals surface area (Å²) in [5, 5.41) is 3.14. The Bertz CT molecular complexity index is 494. The van der Waals surface area contributed by atoms with Gasteiger partial charge in [-0.25, -0.2) is 4.79 Å². The first-order valence-electron chi connectivity index (χ1n) is 6.44. The van der Waals surface area contributed by atoms with Crippen LogP contribution in [0.25, 0.3) is 0 Å². The van der Waals surface area contributed by atoms with E-state index in [1.165, 1.54) is 0 Å². The maximum Gasteiger partial charge on any atom is 0.328 e. The van der Waals surface area contributed by atoms with Gasteiger partial charge in [-0.15, -0.1) is 0 Å². The second kappa shape index (κ2) is 6.75. The van der Waals surface area contributed by atoms with Gasteiger partial charge in [-0.3, -0.25) is 4.79 Å². The van der Waals surface area contributed by atoms with Crippen LogP contribution in [0.4, 0.5) is 0 Å². The van der Waals surface area contributed by atoms with Gasteiger partial charge in [-0.05, 0) is 39.3 Å². The zero-order chi connectivity index (χ0) is 15.3. The van der Waals surface area contributed by atoms with Crippen molar-refractivity contribution in [2.24, 2.45) is 0 Å². The lowest BCUT2D eigenvalue weighted by molar-refractivity contribution is -0.158. The van der Waals surface area contributed by atoms with E-state index in [4.69, 9.17) is 16.3 Å². The number of esters is 1. The van der Waals surface area contributed by atoms with Crippen LogP contribution in [0.2, 0.25) is 5.02 Å². The molecule has 0 saturated heterocycles. The van der Waals surface area contributed by atoms with Gasteiger partial charge in [0.2, 0.25) is 5.91 Å². The molecule has 1 aromatic carbocycles. The van der Waals surface area contributed by atoms with E-state index in [2.05, 4.69) is 5.32 Å². The first kappa shape index (κ1) is 16.5. The molecule has 0 aliphatic rings. The largest absolute Gasteiger partial charge is 0.458 e. The van der Waals surface area contributed by atoms with Gasteiger partial charge in [0.25, 0.3) is 0 Å². The van der Waals surface area contributed by atoms with Crippen LogP contribution in [0.3, 0.4) is 0 Å². The fourth-order valence-electron chi connectivity index (χ4n) is 1.56. The van der Waals surface area contributed by atoms with Crippen molar-refractivity contribution >= 4 is 23.5 Å². The van der Waals surface area contributed by atoms with E-state index >= 15 is 0 Å². The van der Waals surface area contributed by atoms with E-state index in [0.29, 0.717) is 5.02 Å². The predicted octanol–water partition coefficient (Wildman–Crippen LogP) is 2.73. The molecular formula is C15H20ClNO3. The molecule has 20 heavy (non-hydrogen) atoms. The maximum atomic E-state index is 11.9. The monoisotopic (exact) mass is 297 g/mol. The highest BCUT2D eigenvalue weighted by molar-refractivity contribution is 6.31. The molecule has 1 aromatic rings. The van der Waals surface area contributed by atoms with Crippen molar-refractivity contribution in [1.82, 2.24) is 5.32 Å². The summed E-state index contributed by atoms with van der Waals surface area (Å²) in [7, 11) is 0. The lowest BCUT2D eigenvalue weighted by atomic mass is 10.1. The van der Waals surface area contributed by atoms with Crippen molar-refractivity contribution in [3.63, 3.8) is 0 Å². The minimum absolute atomic E-state index is 0.132. The number of hydrogen-bond donors (Lipinski definition) is 1. The first-order valence-corrected chi connectivity index (χ1v) is 6.82. The Balaban J connectivity index is 2.54. The van der Waals surface area contributed by atoms with E-state index in [-0.39, 0.29) is 12.3 Å². The molecule has 1 N–H and O–H groups in total. The highest BCUT2D eigenvalue weighted by Gasteiger charge is 2.23. The molecule has 0 spiro atoms. The molecule has 4 nitrogen and oxygen atoms in total. The molecule has 0 aromatic heterocycles. The van der Waals surface area contributed by atoms with Crippen LogP contribution in [-0.2, 0) is 20.7 Å². The molecule has 5 heteroatoms. The van der Waals surface area contributed by atoms with Gasteiger partial charge in [0.15, 0.2) is 0 Å². The van der Waals surface area contributed by atoms with Gasteiger partial charge in [-0.2, -0.15) is 0 Å². The van der Waals surface area contributed by atoms with Crippen LogP contribution in [0.1, 0.15) is 33.3 Å². The highest BCUT2D eigenvalue weighted by atomic mass is 35.5. The number of nitrogens with one attached hydrogen (secondary N) is 1. The molecule has 1 atom stereocenters. The summed E-state index contributed by atoms with van der Waals surface area (Å²) in [4.78, 5) is 23.6. The SMILES string of the molecule is C[C@@H](NC(=O)Cc1ccccc1Cl)C(=O)OC(C)(C)C. The van der Waals surface area contributed by atoms with E-state index < -0.39 is 17.6 Å². The topological polar surface area (TPSA) is 55.4 Å². The lowest BCUT2D eigenvalue weighted by Gasteiger charge is -2.22. The van der Waals surface area contributed by atoms with Gasteiger partial charge in [0, 0.05) is 5.02 Å². The number of carbonyl (C=O) groups is 2. The zero-order valence-corrected chi connectivity index (χ0v) is 13.0. The first-order chi connectivity index (χ1) is 9.19. The smallest absolute Gasteiger partial charge is 0.328 e. The quantitative estimate of drug-likeness (QED) is 0.869. The van der Waals surface area contributed by atoms with Crippen LogP contribution in [0, 0.1) is 0 Å². The highest BCUT2D eigenvalue weighted by Crippen LogP contribution is 2.15. The minimum atomic E-state index is -0.691. The van der Waals surface area contributed by atoms with E-state index in [9.17, 15) is 9.59 Å². The Morgan fingerprint density at radius 1 is 1.30 bits per heavy atom. The number of amides is 1. The molecule has 1 rings (SSSR count). The Morgan fingerprint density at radius 3 is 2.45 bits per heavy atom. The fourth-order valence-corrected chi connectivity index (χ4v) is 1.76. The molecule has 0 unspecified atom stereocenters. The Kier molecular flexibility index (Phi) is 5.57. The molecule has 110 valence electrons. The van der Waals surface area contributed by atoms with Crippen molar-refractivity contribution in [3.05, 3.63) is 34.9 Å². The second-order valence-electron chi connectivity index (χ2n) is 5.59. The molecule has 0 saturated carbocycles. The minimum Gasteiger partial charge on any atom is -0.458 e. The van der Waals surface area contributed by atoms with Crippen molar-refractivity contribution in [1.29, 1.82) is 0 Å². The molecule has 0 heterocycles. The number of ether oxygens (including phenoxy) is 1. The summed E-state index contributed by atoms with van der Waals surface area (Å²) in [6.07, 6.45) is 0.132. The Labute approximate surface area is 124 Å². The summed E-state index contributed by atoms with van der Waals surface area (Å²) < 4.78 is 5.19. The number of carbonyl (C=O) groups excluding carboxylic acids is 2. The third kappa shape index (κ3) is 5.61. The van der Waals surface area contributed by atoms with Crippen molar-refractivity contribution < 1.29 is 14.3 Å². The third-order valence-electron chi connectivity index (χ3n) is 2.45. The van der Waals surface area contributed by atoms with Crippen molar-refractivity contribution in [3.8, 4) is 0 Å². The van der Waals surface area contributed by atoms with Crippen LogP contribution in [0.15, 0.2) is 24.3 Å². The average Bonchev–Trinajstić information content (AvgIpc) is 2.29. The molecular weight excluding hydrogens is 278 g/mol. The standard InChI is InChI=1S/C15H20ClNO3/c1-10(14(19)20-15(2,3)4)17-13(18)9-11-7-5-6-8-12(11)16/h5-8,10H,9H2,1-4H3,(H,17,18)/t10-/m1/s1. The van der Waals surface area contributed by atoms with Crippen LogP contribution in [-0.4, -0.2) is 23.5 Å². The van der Waals surface area contributed by atoms with E-state index in [1.54, 1.807) is 45.9 Å². The number of benzene rings is 1. The summed E-state index contributed by atoms with van der Waals surface area (Å²) in [6, 6.07) is 6.42. The average molecular weight is 298 g/mol. The lowest BCUT2D eigenvalue weighted by Crippen LogP contribution is -2.42. The summed E-state index contributed by atoms with van der Waals surface area (Å²) in [5.74, 6) is -0.721. The zero-order valence-electron chi connectivity index (χ0n) is 12.2. The van der Waals surface area contributed by atoms with Crippen molar-refractivity contribution in [2.45, 2.75) is 45.8 Å². The Morgan fingerprint density at radius 2 is 1.90 bits per heavy atom. The van der Waals surface area contributed by atoms with Gasteiger partial charge in [0.05, 0.1) is 6.42 Å². The molecule has 0 aliphatic heterocycles. The number of hydrogen-bond acceptors (Lipinski definition) is 3. The summed E-state index contributed by atoms with van der Waals surface area (Å²) >= 11 is 5.98. The number of halogens is 1. The van der Waals surface area contributed by atoms with Crippen molar-refractivity contribution in [2.75, 3.05) is 0 Å². The van der Waals surface area contributed by atoms with Gasteiger partial charge >= 0.3 is 5.97 Å². The fraction of sp³-hybridized carbons (Fsp3) is 0.467. The second-order valence-corrected chi connectivity index (χ2v) is 6.00. The van der Waals surface area contributed by atoms with Gasteiger partial charge in [-0.1, -0.05) is 29.8 Å². The summed E-state index contributed by atoms with van der Waals surface area (Å²) in [5.41, 5.74) is 0.154. The summed E-state index contributed by atoms with van der Waals surface area (Å²) in [6.45, 7) is 6.94. The van der Waals surface area contributed by atoms with Crippen LogP contribution < -0.4 is 5.32 Å². The van der Waals surface area contributed by atoms with Gasteiger partial charge in [0.1, 0.15) is 11.6 Å². The number of rotatable bonds is 4. The molecule has 0 bridgehead atoms. The van der Waals surface area contributed by atoms with Crippen LogP contribution >= 0.6 is 11.6 Å². The molecule has 0 aliphatic carbocycles. The molecule has 0 radical (unpaired) electrons. The maximum absolute atomic E-state index is 11.9. The molecule has 1 amide bonds. The van der Waals surface area contributed by atoms with Gasteiger partial charge < -0.3 is 10.1 Å². The predicted molar refractivity (Wildman–Crippen MR) is 78.6 cm³/mol. The third-order valence-corrected chi connectivity index (χ3v) is 2.82. The molecule has 0 fully saturated rings. The van der Waals surface area contributed by atoms with E-state index in [0.717, 1.165) is 5.56 Å². The normalized spacial score (nSPS) is 12.7.